The average Bonchev–Trinajstić information content (AvgIpc) is 3.51. The van der Waals surface area contributed by atoms with Crippen molar-refractivity contribution in [3.05, 3.63) is 89.5 Å². The van der Waals surface area contributed by atoms with Gasteiger partial charge < -0.3 is 30.5 Å². The largest absolute Gasteiger partial charge is 0.496 e. The van der Waals surface area contributed by atoms with Gasteiger partial charge in [0.1, 0.15) is 17.9 Å². The average molecular weight is 727 g/mol. The van der Waals surface area contributed by atoms with Gasteiger partial charge in [0.2, 0.25) is 5.91 Å². The number of fused-ring (bicyclic) bond motifs is 2. The maximum atomic E-state index is 14.2. The molecule has 10 heteroatoms. The van der Waals surface area contributed by atoms with Crippen molar-refractivity contribution < 1.29 is 29.4 Å². The number of carbonyl (C=O) groups excluding carboxylic acids is 2. The summed E-state index contributed by atoms with van der Waals surface area (Å²) in [5.74, 6) is 1.08. The summed E-state index contributed by atoms with van der Waals surface area (Å²) in [6.07, 6.45) is 1.21. The molecule has 4 aliphatic rings. The maximum Gasteiger partial charge on any atom is 0.251 e. The van der Waals surface area contributed by atoms with Crippen LogP contribution in [-0.4, -0.2) is 96.7 Å². The van der Waals surface area contributed by atoms with Gasteiger partial charge in [-0.3, -0.25) is 14.4 Å². The van der Waals surface area contributed by atoms with Crippen LogP contribution in [0.15, 0.2) is 72.8 Å². The van der Waals surface area contributed by atoms with Crippen molar-refractivity contribution in [1.29, 1.82) is 0 Å². The van der Waals surface area contributed by atoms with E-state index in [1.165, 1.54) is 6.42 Å². The Balaban J connectivity index is 1.23. The first-order chi connectivity index (χ1) is 25.3. The highest BCUT2D eigenvalue weighted by molar-refractivity contribution is 5.96. The van der Waals surface area contributed by atoms with Crippen molar-refractivity contribution >= 4 is 11.8 Å². The molecule has 1 heterocycles. The summed E-state index contributed by atoms with van der Waals surface area (Å²) in [5.41, 5.74) is 4.35. The SMILES string of the molecule is COc1c(CN2O[C@@H](CO)[C@@H]([C@H](C)O)[C@H]2C(=O)N[C@H]2C[C@@H]3C[C@@H]([C@@H]2C)C3(C)C)cccc1-c1cccc(C(=O)N[C@@H](Cc2ccccc2)CN(C)C)c1. The molecule has 3 aliphatic carbocycles. The third-order valence-electron chi connectivity index (χ3n) is 12.4. The quantitative estimate of drug-likeness (QED) is 0.185. The normalized spacial score (nSPS) is 27.5. The van der Waals surface area contributed by atoms with E-state index >= 15 is 0 Å². The molecule has 0 aromatic heterocycles. The van der Waals surface area contributed by atoms with Crippen LogP contribution in [0, 0.1) is 29.1 Å². The van der Waals surface area contributed by atoms with Crippen LogP contribution in [0.1, 0.15) is 62.0 Å². The predicted octanol–water partition coefficient (Wildman–Crippen LogP) is 4.93. The number of nitrogens with zero attached hydrogens (tertiary/aromatic N) is 2. The Labute approximate surface area is 314 Å². The van der Waals surface area contributed by atoms with Crippen molar-refractivity contribution in [3.63, 3.8) is 0 Å². The molecular weight excluding hydrogens is 668 g/mol. The highest BCUT2D eigenvalue weighted by Gasteiger charge is 2.57. The van der Waals surface area contributed by atoms with Gasteiger partial charge in [0.25, 0.3) is 5.91 Å². The minimum absolute atomic E-state index is 0.0443. The lowest BCUT2D eigenvalue weighted by molar-refractivity contribution is -0.183. The van der Waals surface area contributed by atoms with E-state index in [0.717, 1.165) is 28.7 Å². The Kier molecular flexibility index (Phi) is 12.0. The van der Waals surface area contributed by atoms with E-state index in [2.05, 4.69) is 48.4 Å². The molecule has 1 saturated heterocycles. The monoisotopic (exact) mass is 726 g/mol. The molecule has 2 bridgehead atoms. The maximum absolute atomic E-state index is 14.2. The van der Waals surface area contributed by atoms with Crippen LogP contribution >= 0.6 is 0 Å². The molecule has 4 N–H and O–H groups in total. The lowest BCUT2D eigenvalue weighted by Crippen LogP contribution is -2.62. The number of hydroxylamine groups is 2. The molecule has 0 unspecified atom stereocenters. The summed E-state index contributed by atoms with van der Waals surface area (Å²) < 4.78 is 6.02. The number of aliphatic hydroxyl groups is 2. The fourth-order valence-corrected chi connectivity index (χ4v) is 9.43. The zero-order valence-electron chi connectivity index (χ0n) is 32.3. The molecule has 10 nitrogen and oxygen atoms in total. The van der Waals surface area contributed by atoms with Crippen LogP contribution < -0.4 is 15.4 Å². The van der Waals surface area contributed by atoms with Crippen molar-refractivity contribution in [3.8, 4) is 16.9 Å². The second-order valence-electron chi connectivity index (χ2n) is 16.4. The molecule has 0 spiro atoms. The first-order valence-corrected chi connectivity index (χ1v) is 19.1. The van der Waals surface area contributed by atoms with E-state index in [9.17, 15) is 19.8 Å². The number of methoxy groups -OCH3 is 1. The van der Waals surface area contributed by atoms with Gasteiger partial charge in [-0.15, -0.1) is 0 Å². The van der Waals surface area contributed by atoms with Gasteiger partial charge in [-0.1, -0.05) is 81.4 Å². The van der Waals surface area contributed by atoms with Crippen molar-refractivity contribution in [2.45, 2.75) is 83.8 Å². The van der Waals surface area contributed by atoms with Crippen LogP contribution in [0.25, 0.3) is 11.1 Å². The second-order valence-corrected chi connectivity index (χ2v) is 16.4. The van der Waals surface area contributed by atoms with E-state index in [1.807, 2.05) is 74.8 Å². The lowest BCUT2D eigenvalue weighted by Gasteiger charge is -2.62. The molecule has 4 fully saturated rings. The minimum Gasteiger partial charge on any atom is -0.496 e. The Hall–Kier alpha value is -3.80. The Morgan fingerprint density at radius 1 is 1.06 bits per heavy atom. The predicted molar refractivity (Wildman–Crippen MR) is 206 cm³/mol. The van der Waals surface area contributed by atoms with Crippen LogP contribution in [0.5, 0.6) is 5.75 Å². The van der Waals surface area contributed by atoms with E-state index in [-0.39, 0.29) is 42.5 Å². The fraction of sp³-hybridized carbons (Fsp3) is 0.535. The van der Waals surface area contributed by atoms with Crippen molar-refractivity contribution in [2.24, 2.45) is 29.1 Å². The molecule has 1 aliphatic heterocycles. The smallest absolute Gasteiger partial charge is 0.251 e. The summed E-state index contributed by atoms with van der Waals surface area (Å²) in [4.78, 5) is 36.2. The number of amides is 2. The fourth-order valence-electron chi connectivity index (χ4n) is 9.43. The van der Waals surface area contributed by atoms with E-state index in [4.69, 9.17) is 9.57 Å². The number of likely N-dealkylation sites (N-methyl/N-ethyl adjacent to an activating group) is 1. The highest BCUT2D eigenvalue weighted by Crippen LogP contribution is 2.61. The topological polar surface area (TPSA) is 124 Å². The first kappa shape index (κ1) is 38.9. The number of hydrogen-bond acceptors (Lipinski definition) is 8. The Bertz CT molecular complexity index is 1730. The van der Waals surface area contributed by atoms with Crippen LogP contribution in [-0.2, 0) is 22.6 Å². The van der Waals surface area contributed by atoms with Crippen LogP contribution in [0.2, 0.25) is 0 Å². The number of para-hydroxylation sites is 1. The third-order valence-corrected chi connectivity index (χ3v) is 12.4. The molecule has 3 saturated carbocycles. The summed E-state index contributed by atoms with van der Waals surface area (Å²) in [7, 11) is 5.61. The van der Waals surface area contributed by atoms with Crippen molar-refractivity contribution in [1.82, 2.24) is 20.6 Å². The van der Waals surface area contributed by atoms with Gasteiger partial charge in [0.15, 0.2) is 0 Å². The lowest BCUT2D eigenvalue weighted by atomic mass is 9.45. The third kappa shape index (κ3) is 8.17. The standard InChI is InChI=1S/C43H58N4O6/c1-26-35-21-32(43(35,3)4)22-36(26)45-42(51)39-38(27(2)49)37(25-48)53-47(39)23-31-17-12-18-34(40(31)52-7)29-15-11-16-30(20-29)41(50)44-33(24-46(5)6)19-28-13-9-8-10-14-28/h8-18,20,26-27,32-33,35-39,48-49H,19,21-25H2,1-7H3,(H,44,50)(H,45,51)/t26-,27-,32-,33-,35-,36-,37-,38+,39-/m0/s1. The van der Waals surface area contributed by atoms with Crippen LogP contribution in [0.4, 0.5) is 0 Å². The molecule has 0 radical (unpaired) electrons. The molecule has 3 aromatic carbocycles. The summed E-state index contributed by atoms with van der Waals surface area (Å²) in [6, 6.07) is 22.6. The zero-order valence-corrected chi connectivity index (χ0v) is 32.3. The van der Waals surface area contributed by atoms with Gasteiger partial charge in [-0.25, -0.2) is 0 Å². The molecule has 286 valence electrons. The van der Waals surface area contributed by atoms with E-state index in [0.29, 0.717) is 42.0 Å². The minimum atomic E-state index is -0.892. The van der Waals surface area contributed by atoms with E-state index < -0.39 is 24.2 Å². The summed E-state index contributed by atoms with van der Waals surface area (Å²) in [5, 5.41) is 29.4. The number of rotatable bonds is 14. The number of ether oxygens (including phenoxy) is 1. The van der Waals surface area contributed by atoms with E-state index in [1.54, 1.807) is 19.1 Å². The number of benzene rings is 3. The first-order valence-electron chi connectivity index (χ1n) is 19.1. The summed E-state index contributed by atoms with van der Waals surface area (Å²) in [6.45, 7) is 9.10. The van der Waals surface area contributed by atoms with Crippen molar-refractivity contribution in [2.75, 3.05) is 34.4 Å². The van der Waals surface area contributed by atoms with Gasteiger partial charge >= 0.3 is 0 Å². The number of aliphatic hydroxyl groups excluding tert-OH is 2. The Morgan fingerprint density at radius 2 is 1.79 bits per heavy atom. The van der Waals surface area contributed by atoms with Gasteiger partial charge in [0, 0.05) is 41.2 Å². The van der Waals surface area contributed by atoms with Gasteiger partial charge in [-0.2, -0.15) is 5.06 Å². The summed E-state index contributed by atoms with van der Waals surface area (Å²) >= 11 is 0. The second kappa shape index (κ2) is 16.3. The zero-order chi connectivity index (χ0) is 38.0. The van der Waals surface area contributed by atoms with Crippen LogP contribution in [0.3, 0.4) is 0 Å². The number of carbonyl (C=O) groups is 2. The Morgan fingerprint density at radius 3 is 2.43 bits per heavy atom. The van der Waals surface area contributed by atoms with Gasteiger partial charge in [0.05, 0.1) is 26.4 Å². The highest BCUT2D eigenvalue weighted by atomic mass is 16.7. The molecule has 2 amide bonds. The molecule has 53 heavy (non-hydrogen) atoms. The molecule has 7 rings (SSSR count). The van der Waals surface area contributed by atoms with Gasteiger partial charge in [-0.05, 0) is 86.7 Å². The molecule has 3 aromatic rings. The molecular formula is C43H58N4O6. The molecule has 9 atom stereocenters. The number of nitrogens with one attached hydrogen (secondary N) is 2. The number of hydrogen-bond donors (Lipinski definition) is 4.